The van der Waals surface area contributed by atoms with Gasteiger partial charge in [-0.05, 0) is 24.3 Å². The molecule has 28 heavy (non-hydrogen) atoms. The fourth-order valence-electron chi connectivity index (χ4n) is 3.14. The molecule has 0 N–H and O–H groups in total. The van der Waals surface area contributed by atoms with Crippen molar-refractivity contribution in [2.45, 2.75) is 18.9 Å². The van der Waals surface area contributed by atoms with E-state index in [-0.39, 0.29) is 12.0 Å². The molecule has 3 aromatic heterocycles. The Morgan fingerprint density at radius 1 is 1.11 bits per heavy atom. The molecule has 0 spiro atoms. The van der Waals surface area contributed by atoms with E-state index in [2.05, 4.69) is 20.3 Å². The number of rotatable bonds is 5. The first kappa shape index (κ1) is 17.9. The zero-order valence-corrected chi connectivity index (χ0v) is 15.4. The Labute approximate surface area is 161 Å². The third kappa shape index (κ3) is 3.78. The summed E-state index contributed by atoms with van der Waals surface area (Å²) in [6, 6.07) is 8.87. The first-order valence-corrected chi connectivity index (χ1v) is 9.03. The van der Waals surface area contributed by atoms with Gasteiger partial charge < -0.3 is 14.4 Å². The van der Waals surface area contributed by atoms with E-state index in [9.17, 15) is 4.79 Å². The number of carbonyl (C=O) groups excluding carboxylic acids is 1. The molecule has 3 aromatic rings. The second-order valence-corrected chi connectivity index (χ2v) is 6.35. The maximum Gasteiger partial charge on any atom is 0.259 e. The van der Waals surface area contributed by atoms with Gasteiger partial charge in [-0.2, -0.15) is 5.10 Å². The van der Waals surface area contributed by atoms with E-state index in [1.807, 2.05) is 12.1 Å². The average Bonchev–Trinajstić information content (AvgIpc) is 3.29. The zero-order valence-electron chi connectivity index (χ0n) is 15.4. The van der Waals surface area contributed by atoms with Crippen LogP contribution in [-0.2, 0) is 0 Å². The van der Waals surface area contributed by atoms with Crippen LogP contribution in [-0.4, -0.2) is 62.1 Å². The normalized spacial score (nSPS) is 14.7. The number of amides is 1. The molecule has 1 amide bonds. The topological polar surface area (TPSA) is 95.3 Å². The van der Waals surface area contributed by atoms with Crippen LogP contribution in [0.15, 0.2) is 48.9 Å². The lowest BCUT2D eigenvalue weighted by Crippen LogP contribution is -2.42. The molecule has 0 unspecified atom stereocenters. The van der Waals surface area contributed by atoms with Gasteiger partial charge in [0.1, 0.15) is 11.7 Å². The van der Waals surface area contributed by atoms with E-state index in [1.165, 1.54) is 7.11 Å². The number of hydrogen-bond acceptors (Lipinski definition) is 7. The standard InChI is InChI=1S/C19H20N6O3/c1-27-18-15(4-2-9-20-18)19(26)24-12-7-14(8-13-24)28-17-6-5-16(22-23-17)25-11-3-10-21-25/h2-6,9-11,14H,7-8,12-13H2,1H3. The second-order valence-electron chi connectivity index (χ2n) is 6.35. The minimum absolute atomic E-state index is 0.00954. The van der Waals surface area contributed by atoms with Crippen molar-refractivity contribution in [3.05, 3.63) is 54.5 Å². The highest BCUT2D eigenvalue weighted by molar-refractivity contribution is 5.96. The molecule has 144 valence electrons. The molecular weight excluding hydrogens is 360 g/mol. The van der Waals surface area contributed by atoms with Crippen LogP contribution in [0.1, 0.15) is 23.2 Å². The fraction of sp³-hybridized carbons (Fsp3) is 0.316. The van der Waals surface area contributed by atoms with Crippen LogP contribution in [0.4, 0.5) is 0 Å². The summed E-state index contributed by atoms with van der Waals surface area (Å²) in [4.78, 5) is 18.6. The molecule has 0 bridgehead atoms. The van der Waals surface area contributed by atoms with Gasteiger partial charge in [-0.15, -0.1) is 10.2 Å². The number of likely N-dealkylation sites (tertiary alicyclic amines) is 1. The van der Waals surface area contributed by atoms with Crippen molar-refractivity contribution < 1.29 is 14.3 Å². The molecule has 0 radical (unpaired) electrons. The van der Waals surface area contributed by atoms with Crippen LogP contribution >= 0.6 is 0 Å². The highest BCUT2D eigenvalue weighted by atomic mass is 16.5. The SMILES string of the molecule is COc1ncccc1C(=O)N1CCC(Oc2ccc(-n3cccn3)nn2)CC1. The number of piperidine rings is 1. The molecule has 0 saturated carbocycles. The summed E-state index contributed by atoms with van der Waals surface area (Å²) in [5.41, 5.74) is 0.476. The maximum absolute atomic E-state index is 12.7. The van der Waals surface area contributed by atoms with E-state index in [4.69, 9.17) is 9.47 Å². The number of nitrogens with zero attached hydrogens (tertiary/aromatic N) is 6. The first-order chi connectivity index (χ1) is 13.7. The molecule has 9 nitrogen and oxygen atoms in total. The Morgan fingerprint density at radius 3 is 2.64 bits per heavy atom. The number of carbonyl (C=O) groups is 1. The summed E-state index contributed by atoms with van der Waals surface area (Å²) < 4.78 is 12.7. The largest absolute Gasteiger partial charge is 0.480 e. The Morgan fingerprint density at radius 2 is 1.96 bits per heavy atom. The van der Waals surface area contributed by atoms with Crippen LogP contribution in [0, 0.1) is 0 Å². The van der Waals surface area contributed by atoms with Crippen molar-refractivity contribution in [2.75, 3.05) is 20.2 Å². The Kier molecular flexibility index (Phi) is 5.14. The molecule has 0 aromatic carbocycles. The van der Waals surface area contributed by atoms with E-state index >= 15 is 0 Å². The molecule has 4 heterocycles. The average molecular weight is 380 g/mol. The van der Waals surface area contributed by atoms with Crippen molar-refractivity contribution in [1.82, 2.24) is 29.9 Å². The molecular formula is C19H20N6O3. The van der Waals surface area contributed by atoms with Crippen molar-refractivity contribution in [3.63, 3.8) is 0 Å². The molecule has 1 aliphatic heterocycles. The van der Waals surface area contributed by atoms with Gasteiger partial charge in [0.2, 0.25) is 11.8 Å². The highest BCUT2D eigenvalue weighted by Gasteiger charge is 2.27. The first-order valence-electron chi connectivity index (χ1n) is 9.03. The summed E-state index contributed by atoms with van der Waals surface area (Å²) >= 11 is 0. The van der Waals surface area contributed by atoms with Gasteiger partial charge in [0.15, 0.2) is 5.82 Å². The van der Waals surface area contributed by atoms with Gasteiger partial charge in [0, 0.05) is 50.6 Å². The molecule has 1 fully saturated rings. The van der Waals surface area contributed by atoms with Crippen LogP contribution in [0.5, 0.6) is 11.8 Å². The van der Waals surface area contributed by atoms with Crippen LogP contribution in [0.2, 0.25) is 0 Å². The summed E-state index contributed by atoms with van der Waals surface area (Å²) in [5, 5.41) is 12.4. The lowest BCUT2D eigenvalue weighted by molar-refractivity contribution is 0.0582. The van der Waals surface area contributed by atoms with E-state index in [0.717, 1.165) is 12.8 Å². The van der Waals surface area contributed by atoms with Crippen molar-refractivity contribution in [1.29, 1.82) is 0 Å². The summed E-state index contributed by atoms with van der Waals surface area (Å²) in [6.07, 6.45) is 6.52. The Balaban J connectivity index is 1.33. The summed E-state index contributed by atoms with van der Waals surface area (Å²) in [7, 11) is 1.51. The number of hydrogen-bond donors (Lipinski definition) is 0. The molecule has 1 saturated heterocycles. The third-order valence-corrected chi connectivity index (χ3v) is 4.58. The third-order valence-electron chi connectivity index (χ3n) is 4.58. The fourth-order valence-corrected chi connectivity index (χ4v) is 3.14. The predicted molar refractivity (Wildman–Crippen MR) is 99.5 cm³/mol. The minimum atomic E-state index is -0.0771. The minimum Gasteiger partial charge on any atom is -0.480 e. The summed E-state index contributed by atoms with van der Waals surface area (Å²) in [6.45, 7) is 1.20. The van der Waals surface area contributed by atoms with Gasteiger partial charge in [-0.3, -0.25) is 4.79 Å². The zero-order chi connectivity index (χ0) is 19.3. The number of pyridine rings is 1. The number of methoxy groups -OCH3 is 1. The lowest BCUT2D eigenvalue weighted by Gasteiger charge is -2.32. The molecule has 0 aliphatic carbocycles. The highest BCUT2D eigenvalue weighted by Crippen LogP contribution is 2.21. The second kappa shape index (κ2) is 8.03. The number of aromatic nitrogens is 5. The molecule has 1 aliphatic rings. The lowest BCUT2D eigenvalue weighted by atomic mass is 10.1. The number of ether oxygens (including phenoxy) is 2. The van der Waals surface area contributed by atoms with Crippen molar-refractivity contribution in [2.24, 2.45) is 0 Å². The Bertz CT molecular complexity index is 921. The monoisotopic (exact) mass is 380 g/mol. The smallest absolute Gasteiger partial charge is 0.259 e. The van der Waals surface area contributed by atoms with E-state index < -0.39 is 0 Å². The molecule has 0 atom stereocenters. The van der Waals surface area contributed by atoms with Crippen LogP contribution in [0.25, 0.3) is 5.82 Å². The van der Waals surface area contributed by atoms with Crippen LogP contribution < -0.4 is 9.47 Å². The van der Waals surface area contributed by atoms with Gasteiger partial charge in [0.25, 0.3) is 5.91 Å². The van der Waals surface area contributed by atoms with Crippen LogP contribution in [0.3, 0.4) is 0 Å². The van der Waals surface area contributed by atoms with E-state index in [0.29, 0.717) is 36.2 Å². The quantitative estimate of drug-likeness (QED) is 0.665. The maximum atomic E-state index is 12.7. The molecule has 9 heteroatoms. The van der Waals surface area contributed by atoms with Gasteiger partial charge in [-0.25, -0.2) is 9.67 Å². The predicted octanol–water partition coefficient (Wildman–Crippen LogP) is 1.75. The van der Waals surface area contributed by atoms with Crippen molar-refractivity contribution in [3.8, 4) is 17.6 Å². The van der Waals surface area contributed by atoms with Gasteiger partial charge in [0.05, 0.1) is 7.11 Å². The summed E-state index contributed by atoms with van der Waals surface area (Å²) in [5.74, 6) is 1.36. The van der Waals surface area contributed by atoms with Gasteiger partial charge >= 0.3 is 0 Å². The van der Waals surface area contributed by atoms with Crippen molar-refractivity contribution >= 4 is 5.91 Å². The molecule has 4 rings (SSSR count). The van der Waals surface area contributed by atoms with E-state index in [1.54, 1.807) is 46.4 Å². The van der Waals surface area contributed by atoms with Gasteiger partial charge in [-0.1, -0.05) is 0 Å². The Hall–Kier alpha value is -3.49.